The van der Waals surface area contributed by atoms with E-state index in [0.717, 1.165) is 5.56 Å². The third kappa shape index (κ3) is 9.24. The Morgan fingerprint density at radius 1 is 0.848 bits per heavy atom. The Morgan fingerprint density at radius 2 is 1.48 bits per heavy atom. The molecule has 2 aromatic rings. The SMILES string of the molecule is COC(C(=O)OCC(=O)OC(CCCC(=O)OCc1ccccc1)C(C)=O)c1ccccc1. The third-order valence-corrected chi connectivity index (χ3v) is 4.70. The van der Waals surface area contributed by atoms with E-state index in [1.165, 1.54) is 14.0 Å². The van der Waals surface area contributed by atoms with Crippen molar-refractivity contribution in [2.45, 2.75) is 45.0 Å². The third-order valence-electron chi connectivity index (χ3n) is 4.70. The Balaban J connectivity index is 1.73. The van der Waals surface area contributed by atoms with Gasteiger partial charge in [-0.3, -0.25) is 9.59 Å². The molecule has 2 unspecified atom stereocenters. The molecule has 0 saturated heterocycles. The molecule has 2 atom stereocenters. The van der Waals surface area contributed by atoms with Gasteiger partial charge in [0.25, 0.3) is 0 Å². The Labute approximate surface area is 192 Å². The van der Waals surface area contributed by atoms with Crippen LogP contribution >= 0.6 is 0 Å². The van der Waals surface area contributed by atoms with Crippen LogP contribution in [0.4, 0.5) is 0 Å². The first-order valence-corrected chi connectivity index (χ1v) is 10.5. The predicted molar refractivity (Wildman–Crippen MR) is 118 cm³/mol. The minimum absolute atomic E-state index is 0.0791. The van der Waals surface area contributed by atoms with Crippen LogP contribution in [-0.2, 0) is 44.7 Å². The number of esters is 3. The lowest BCUT2D eigenvalue weighted by Crippen LogP contribution is -2.29. The highest BCUT2D eigenvalue weighted by molar-refractivity contribution is 5.85. The Bertz CT molecular complexity index is 911. The first-order chi connectivity index (χ1) is 15.9. The van der Waals surface area contributed by atoms with Crippen LogP contribution in [0.15, 0.2) is 60.7 Å². The smallest absolute Gasteiger partial charge is 0.344 e. The number of ketones is 1. The van der Waals surface area contributed by atoms with Crippen molar-refractivity contribution in [3.63, 3.8) is 0 Å². The summed E-state index contributed by atoms with van der Waals surface area (Å²) in [6.45, 7) is 0.796. The first-order valence-electron chi connectivity index (χ1n) is 10.5. The van der Waals surface area contributed by atoms with Crippen LogP contribution in [0.5, 0.6) is 0 Å². The minimum atomic E-state index is -1.04. The van der Waals surface area contributed by atoms with Crippen molar-refractivity contribution in [1.29, 1.82) is 0 Å². The molecule has 2 aromatic carbocycles. The van der Waals surface area contributed by atoms with E-state index in [0.29, 0.717) is 12.0 Å². The Kier molecular flexibility index (Phi) is 10.8. The van der Waals surface area contributed by atoms with Gasteiger partial charge in [-0.15, -0.1) is 0 Å². The van der Waals surface area contributed by atoms with Crippen molar-refractivity contribution < 1.29 is 38.1 Å². The molecular formula is C25H28O8. The van der Waals surface area contributed by atoms with Crippen LogP contribution < -0.4 is 0 Å². The molecule has 0 bridgehead atoms. The van der Waals surface area contributed by atoms with Gasteiger partial charge in [-0.05, 0) is 30.9 Å². The molecule has 0 aromatic heterocycles. The maximum atomic E-state index is 12.2. The number of benzene rings is 2. The molecule has 0 aliphatic carbocycles. The number of carbonyl (C=O) groups is 4. The fraction of sp³-hybridized carbons (Fsp3) is 0.360. The molecule has 0 aliphatic heterocycles. The molecule has 0 saturated carbocycles. The number of Topliss-reactive ketones (excluding diaryl/α,β-unsaturated/α-hetero) is 1. The Hall–Kier alpha value is -3.52. The molecule has 2 rings (SSSR count). The zero-order valence-electron chi connectivity index (χ0n) is 18.7. The second-order valence-corrected chi connectivity index (χ2v) is 7.26. The molecule has 0 heterocycles. The highest BCUT2D eigenvalue weighted by Gasteiger charge is 2.24. The van der Waals surface area contributed by atoms with E-state index in [1.54, 1.807) is 30.3 Å². The molecule has 0 aliphatic rings. The average molecular weight is 456 g/mol. The highest BCUT2D eigenvalue weighted by atomic mass is 16.6. The predicted octanol–water partition coefficient (Wildman–Crippen LogP) is 3.33. The van der Waals surface area contributed by atoms with E-state index in [1.807, 2.05) is 30.3 Å². The van der Waals surface area contributed by atoms with E-state index in [2.05, 4.69) is 0 Å². The number of methoxy groups -OCH3 is 1. The number of ether oxygens (including phenoxy) is 4. The van der Waals surface area contributed by atoms with Gasteiger partial charge in [-0.2, -0.15) is 0 Å². The highest BCUT2D eigenvalue weighted by Crippen LogP contribution is 2.18. The van der Waals surface area contributed by atoms with E-state index in [-0.39, 0.29) is 25.2 Å². The van der Waals surface area contributed by atoms with Gasteiger partial charge in [0.15, 0.2) is 24.6 Å². The van der Waals surface area contributed by atoms with Crippen molar-refractivity contribution in [1.82, 2.24) is 0 Å². The summed E-state index contributed by atoms with van der Waals surface area (Å²) in [6.07, 6.45) is -1.49. The number of carbonyl (C=O) groups excluding carboxylic acids is 4. The van der Waals surface area contributed by atoms with Gasteiger partial charge < -0.3 is 18.9 Å². The summed E-state index contributed by atoms with van der Waals surface area (Å²) >= 11 is 0. The zero-order chi connectivity index (χ0) is 24.1. The van der Waals surface area contributed by atoms with Crippen molar-refractivity contribution in [2.24, 2.45) is 0 Å². The van der Waals surface area contributed by atoms with Gasteiger partial charge in [0.05, 0.1) is 0 Å². The summed E-state index contributed by atoms with van der Waals surface area (Å²) in [6, 6.07) is 18.0. The second kappa shape index (κ2) is 13.8. The molecule has 0 N–H and O–H groups in total. The van der Waals surface area contributed by atoms with Crippen LogP contribution in [0.25, 0.3) is 0 Å². The van der Waals surface area contributed by atoms with Crippen LogP contribution in [-0.4, -0.2) is 43.5 Å². The largest absolute Gasteiger partial charge is 0.461 e. The summed E-state index contributed by atoms with van der Waals surface area (Å²) < 4.78 is 20.5. The summed E-state index contributed by atoms with van der Waals surface area (Å²) in [7, 11) is 1.36. The summed E-state index contributed by atoms with van der Waals surface area (Å²) in [5.74, 6) is -2.39. The molecule has 0 fully saturated rings. The van der Waals surface area contributed by atoms with E-state index in [4.69, 9.17) is 18.9 Å². The standard InChI is InChI=1S/C25H28O8/c1-18(26)21(14-9-15-22(27)31-16-19-10-5-3-6-11-19)33-23(28)17-32-25(29)24(30-2)20-12-7-4-8-13-20/h3-8,10-13,21,24H,9,14-17H2,1-2H3. The average Bonchev–Trinajstić information content (AvgIpc) is 2.82. The lowest BCUT2D eigenvalue weighted by Gasteiger charge is -2.17. The maximum Gasteiger partial charge on any atom is 0.344 e. The van der Waals surface area contributed by atoms with Gasteiger partial charge in [0, 0.05) is 13.5 Å². The van der Waals surface area contributed by atoms with Crippen LogP contribution in [0.2, 0.25) is 0 Å². The van der Waals surface area contributed by atoms with Gasteiger partial charge in [0.2, 0.25) is 0 Å². The Morgan fingerprint density at radius 3 is 2.09 bits per heavy atom. The van der Waals surface area contributed by atoms with Crippen LogP contribution in [0.3, 0.4) is 0 Å². The van der Waals surface area contributed by atoms with Gasteiger partial charge in [0.1, 0.15) is 6.61 Å². The molecule has 176 valence electrons. The normalized spacial score (nSPS) is 12.3. The quantitative estimate of drug-likeness (QED) is 0.334. The molecule has 0 spiro atoms. The minimum Gasteiger partial charge on any atom is -0.461 e. The molecule has 0 radical (unpaired) electrons. The molecule has 0 amide bonds. The zero-order valence-corrected chi connectivity index (χ0v) is 18.7. The number of hydrogen-bond donors (Lipinski definition) is 0. The number of rotatable bonds is 13. The fourth-order valence-corrected chi connectivity index (χ4v) is 2.98. The van der Waals surface area contributed by atoms with Crippen molar-refractivity contribution >= 4 is 23.7 Å². The second-order valence-electron chi connectivity index (χ2n) is 7.26. The summed E-state index contributed by atoms with van der Waals surface area (Å²) in [5, 5.41) is 0. The van der Waals surface area contributed by atoms with E-state index < -0.39 is 36.7 Å². The van der Waals surface area contributed by atoms with Crippen LogP contribution in [0, 0.1) is 0 Å². The topological polar surface area (TPSA) is 105 Å². The van der Waals surface area contributed by atoms with Crippen LogP contribution in [0.1, 0.15) is 43.4 Å². The molecule has 33 heavy (non-hydrogen) atoms. The lowest BCUT2D eigenvalue weighted by molar-refractivity contribution is -0.169. The van der Waals surface area contributed by atoms with Gasteiger partial charge in [-0.1, -0.05) is 60.7 Å². The van der Waals surface area contributed by atoms with E-state index >= 15 is 0 Å². The fourth-order valence-electron chi connectivity index (χ4n) is 2.98. The monoisotopic (exact) mass is 456 g/mol. The van der Waals surface area contributed by atoms with Crippen molar-refractivity contribution in [2.75, 3.05) is 13.7 Å². The summed E-state index contributed by atoms with van der Waals surface area (Å²) in [4.78, 5) is 48.0. The van der Waals surface area contributed by atoms with Crippen molar-refractivity contribution in [3.8, 4) is 0 Å². The molecule has 8 heteroatoms. The summed E-state index contributed by atoms with van der Waals surface area (Å²) in [5.41, 5.74) is 1.46. The number of hydrogen-bond acceptors (Lipinski definition) is 8. The molecule has 8 nitrogen and oxygen atoms in total. The van der Waals surface area contributed by atoms with E-state index in [9.17, 15) is 19.2 Å². The maximum absolute atomic E-state index is 12.2. The molecular weight excluding hydrogens is 428 g/mol. The first kappa shape index (κ1) is 25.7. The lowest BCUT2D eigenvalue weighted by atomic mass is 10.1. The van der Waals surface area contributed by atoms with Crippen molar-refractivity contribution in [3.05, 3.63) is 71.8 Å². The van der Waals surface area contributed by atoms with Gasteiger partial charge in [-0.25, -0.2) is 9.59 Å². The van der Waals surface area contributed by atoms with Gasteiger partial charge >= 0.3 is 17.9 Å².